The number of hydrogen-bond donors (Lipinski definition) is 1. The van der Waals surface area contributed by atoms with E-state index in [1.807, 2.05) is 5.01 Å². The van der Waals surface area contributed by atoms with Crippen molar-refractivity contribution in [3.63, 3.8) is 0 Å². The summed E-state index contributed by atoms with van der Waals surface area (Å²) in [6, 6.07) is 0. The summed E-state index contributed by atoms with van der Waals surface area (Å²) in [5.74, 6) is 0.220. The van der Waals surface area contributed by atoms with Gasteiger partial charge in [-0.25, -0.2) is 5.01 Å². The minimum absolute atomic E-state index is 0.132. The Hall–Kier alpha value is -0.610. The second-order valence-electron chi connectivity index (χ2n) is 4.72. The van der Waals surface area contributed by atoms with Crippen LogP contribution in [0, 0.1) is 0 Å². The van der Waals surface area contributed by atoms with E-state index in [0.29, 0.717) is 13.0 Å². The third kappa shape index (κ3) is 2.45. The van der Waals surface area contributed by atoms with E-state index in [0.717, 1.165) is 19.5 Å². The number of nitrogens with two attached hydrogens (primary N) is 1. The van der Waals surface area contributed by atoms with Crippen LogP contribution in [0.1, 0.15) is 33.6 Å². The van der Waals surface area contributed by atoms with Gasteiger partial charge in [0.1, 0.15) is 0 Å². The summed E-state index contributed by atoms with van der Waals surface area (Å²) in [7, 11) is 0. The topological polar surface area (TPSA) is 49.6 Å². The molecule has 0 atom stereocenters. The van der Waals surface area contributed by atoms with Crippen molar-refractivity contribution in [2.45, 2.75) is 39.2 Å². The van der Waals surface area contributed by atoms with Crippen molar-refractivity contribution in [2.75, 3.05) is 19.6 Å². The number of rotatable bonds is 2. The molecule has 1 rings (SSSR count). The molecule has 0 aromatic heterocycles. The van der Waals surface area contributed by atoms with E-state index in [4.69, 9.17) is 5.73 Å². The van der Waals surface area contributed by atoms with Gasteiger partial charge in [0.05, 0.1) is 5.54 Å². The first kappa shape index (κ1) is 11.5. The standard InChI is InChI=1S/C10H21N3O/c1-10(2,3)13-9(14)5-4-7-12(13)8-6-11/h4-8,11H2,1-3H3. The fourth-order valence-corrected chi connectivity index (χ4v) is 1.94. The molecule has 0 unspecified atom stereocenters. The second kappa shape index (κ2) is 4.28. The minimum Gasteiger partial charge on any atom is -0.329 e. The van der Waals surface area contributed by atoms with Gasteiger partial charge >= 0.3 is 0 Å². The van der Waals surface area contributed by atoms with Crippen molar-refractivity contribution in [3.8, 4) is 0 Å². The van der Waals surface area contributed by atoms with E-state index in [1.165, 1.54) is 0 Å². The summed E-state index contributed by atoms with van der Waals surface area (Å²) in [6.45, 7) is 8.47. The van der Waals surface area contributed by atoms with Crippen molar-refractivity contribution in [1.29, 1.82) is 0 Å². The van der Waals surface area contributed by atoms with Gasteiger partial charge < -0.3 is 5.73 Å². The molecule has 4 nitrogen and oxygen atoms in total. The molecule has 0 aliphatic carbocycles. The zero-order valence-electron chi connectivity index (χ0n) is 9.42. The zero-order chi connectivity index (χ0) is 10.8. The van der Waals surface area contributed by atoms with Gasteiger partial charge in [-0.15, -0.1) is 0 Å². The Labute approximate surface area is 86.0 Å². The monoisotopic (exact) mass is 199 g/mol. The van der Waals surface area contributed by atoms with Gasteiger partial charge in [-0.2, -0.15) is 0 Å². The minimum atomic E-state index is -0.132. The lowest BCUT2D eigenvalue weighted by molar-refractivity contribution is -0.169. The largest absolute Gasteiger partial charge is 0.329 e. The molecule has 1 heterocycles. The number of hydrogen-bond acceptors (Lipinski definition) is 3. The number of amides is 1. The van der Waals surface area contributed by atoms with Gasteiger partial charge in [0.15, 0.2) is 0 Å². The summed E-state index contributed by atoms with van der Waals surface area (Å²) in [5, 5.41) is 3.94. The van der Waals surface area contributed by atoms with Crippen LogP contribution in [0.3, 0.4) is 0 Å². The SMILES string of the molecule is CC(C)(C)N1C(=O)CCCN1CCN. The molecule has 0 bridgehead atoms. The predicted molar refractivity (Wildman–Crippen MR) is 56.5 cm³/mol. The molecule has 2 N–H and O–H groups in total. The molecule has 14 heavy (non-hydrogen) atoms. The highest BCUT2D eigenvalue weighted by molar-refractivity contribution is 5.77. The summed E-state index contributed by atoms with van der Waals surface area (Å²) in [4.78, 5) is 11.8. The maximum Gasteiger partial charge on any atom is 0.237 e. The first-order valence-corrected chi connectivity index (χ1v) is 5.25. The lowest BCUT2D eigenvalue weighted by Gasteiger charge is -2.46. The van der Waals surface area contributed by atoms with Crippen LogP contribution in [0.4, 0.5) is 0 Å². The molecular weight excluding hydrogens is 178 g/mol. The van der Waals surface area contributed by atoms with E-state index < -0.39 is 0 Å². The van der Waals surface area contributed by atoms with Crippen LogP contribution >= 0.6 is 0 Å². The Kier molecular flexibility index (Phi) is 3.50. The average Bonchev–Trinajstić information content (AvgIpc) is 2.02. The van der Waals surface area contributed by atoms with Crippen LogP contribution in [0.2, 0.25) is 0 Å². The molecule has 0 radical (unpaired) electrons. The van der Waals surface area contributed by atoms with Gasteiger partial charge in [-0.3, -0.25) is 9.80 Å². The molecule has 1 amide bonds. The van der Waals surface area contributed by atoms with Crippen LogP contribution < -0.4 is 5.73 Å². The Morgan fingerprint density at radius 1 is 1.43 bits per heavy atom. The summed E-state index contributed by atoms with van der Waals surface area (Å²) < 4.78 is 0. The van der Waals surface area contributed by atoms with Crippen LogP contribution in [0.25, 0.3) is 0 Å². The molecule has 0 aromatic carbocycles. The van der Waals surface area contributed by atoms with Crippen molar-refractivity contribution in [3.05, 3.63) is 0 Å². The van der Waals surface area contributed by atoms with Gasteiger partial charge in [0.25, 0.3) is 0 Å². The van der Waals surface area contributed by atoms with Crippen molar-refractivity contribution < 1.29 is 4.79 Å². The van der Waals surface area contributed by atoms with Crippen LogP contribution in [0.5, 0.6) is 0 Å². The van der Waals surface area contributed by atoms with E-state index in [1.54, 1.807) is 0 Å². The molecule has 1 aliphatic heterocycles. The van der Waals surface area contributed by atoms with Crippen molar-refractivity contribution in [1.82, 2.24) is 10.0 Å². The molecule has 0 saturated carbocycles. The quantitative estimate of drug-likeness (QED) is 0.708. The molecule has 1 saturated heterocycles. The number of nitrogens with zero attached hydrogens (tertiary/aromatic N) is 2. The van der Waals surface area contributed by atoms with Gasteiger partial charge in [-0.1, -0.05) is 0 Å². The number of carbonyl (C=O) groups is 1. The Morgan fingerprint density at radius 3 is 2.57 bits per heavy atom. The Bertz CT molecular complexity index is 208. The second-order valence-corrected chi connectivity index (χ2v) is 4.72. The molecule has 1 aliphatic rings. The van der Waals surface area contributed by atoms with Crippen molar-refractivity contribution >= 4 is 5.91 Å². The highest BCUT2D eigenvalue weighted by atomic mass is 16.2. The summed E-state index contributed by atoms with van der Waals surface area (Å²) >= 11 is 0. The fourth-order valence-electron chi connectivity index (χ4n) is 1.94. The lowest BCUT2D eigenvalue weighted by atomic mass is 10.1. The number of carbonyl (C=O) groups excluding carboxylic acids is 1. The van der Waals surface area contributed by atoms with Gasteiger partial charge in [-0.05, 0) is 27.2 Å². The Balaban J connectivity index is 2.76. The molecule has 0 aromatic rings. The Morgan fingerprint density at radius 2 is 2.07 bits per heavy atom. The molecule has 4 heteroatoms. The first-order valence-electron chi connectivity index (χ1n) is 5.25. The van der Waals surface area contributed by atoms with Crippen LogP contribution in [-0.4, -0.2) is 41.1 Å². The smallest absolute Gasteiger partial charge is 0.237 e. The lowest BCUT2D eigenvalue weighted by Crippen LogP contribution is -2.59. The summed E-state index contributed by atoms with van der Waals surface area (Å²) in [5.41, 5.74) is 5.40. The highest BCUT2D eigenvalue weighted by Crippen LogP contribution is 2.22. The third-order valence-electron chi connectivity index (χ3n) is 2.35. The zero-order valence-corrected chi connectivity index (χ0v) is 9.42. The molecular formula is C10H21N3O. The maximum atomic E-state index is 11.8. The predicted octanol–water partition coefficient (Wildman–Crippen LogP) is 0.583. The van der Waals surface area contributed by atoms with E-state index in [2.05, 4.69) is 25.8 Å². The normalized spacial score (nSPS) is 20.3. The van der Waals surface area contributed by atoms with Gasteiger partial charge in [0, 0.05) is 26.1 Å². The van der Waals surface area contributed by atoms with Gasteiger partial charge in [0.2, 0.25) is 5.91 Å². The molecule has 82 valence electrons. The maximum absolute atomic E-state index is 11.8. The van der Waals surface area contributed by atoms with Crippen LogP contribution in [-0.2, 0) is 4.79 Å². The number of hydrazine groups is 1. The average molecular weight is 199 g/mol. The fraction of sp³-hybridized carbons (Fsp3) is 0.900. The molecule has 1 fully saturated rings. The van der Waals surface area contributed by atoms with E-state index in [-0.39, 0.29) is 11.4 Å². The van der Waals surface area contributed by atoms with Crippen LogP contribution in [0.15, 0.2) is 0 Å². The summed E-state index contributed by atoms with van der Waals surface area (Å²) in [6.07, 6.45) is 1.61. The first-order chi connectivity index (χ1) is 6.46. The highest BCUT2D eigenvalue weighted by Gasteiger charge is 2.33. The van der Waals surface area contributed by atoms with E-state index >= 15 is 0 Å². The van der Waals surface area contributed by atoms with Crippen molar-refractivity contribution in [2.24, 2.45) is 5.73 Å². The van der Waals surface area contributed by atoms with E-state index in [9.17, 15) is 4.79 Å². The third-order valence-corrected chi connectivity index (χ3v) is 2.35. The molecule has 0 spiro atoms.